The summed E-state index contributed by atoms with van der Waals surface area (Å²) in [7, 11) is -0.00448. The van der Waals surface area contributed by atoms with E-state index in [-0.39, 0.29) is 17.3 Å². The molecular formula is C20H26ClN3O3S. The average molecular weight is 424 g/mol. The molecule has 2 aromatic rings. The van der Waals surface area contributed by atoms with Crippen LogP contribution in [0.3, 0.4) is 0 Å². The number of anilines is 1. The Balaban J connectivity index is 2.25. The van der Waals surface area contributed by atoms with Crippen LogP contribution in [0.1, 0.15) is 12.0 Å². The number of halogens is 1. The van der Waals surface area contributed by atoms with E-state index < -0.39 is 10.0 Å². The summed E-state index contributed by atoms with van der Waals surface area (Å²) in [6, 6.07) is 13.0. The van der Waals surface area contributed by atoms with Gasteiger partial charge in [-0.05, 0) is 75.9 Å². The number of sulfonamides is 1. The number of carbonyl (C=O) groups excluding carboxylic acids is 1. The maximum Gasteiger partial charge on any atom is 0.264 e. The van der Waals surface area contributed by atoms with Gasteiger partial charge < -0.3 is 10.2 Å². The van der Waals surface area contributed by atoms with Crippen LogP contribution in [0.15, 0.2) is 53.4 Å². The van der Waals surface area contributed by atoms with Gasteiger partial charge in [0.1, 0.15) is 6.54 Å². The van der Waals surface area contributed by atoms with Crippen LogP contribution < -0.4 is 9.62 Å². The molecule has 0 spiro atoms. The lowest BCUT2D eigenvalue weighted by Gasteiger charge is -2.24. The first-order valence-electron chi connectivity index (χ1n) is 8.96. The number of hydrogen-bond donors (Lipinski definition) is 1. The van der Waals surface area contributed by atoms with Crippen molar-refractivity contribution in [2.45, 2.75) is 18.2 Å². The Labute approximate surface area is 172 Å². The molecule has 8 heteroatoms. The molecule has 152 valence electrons. The van der Waals surface area contributed by atoms with Crippen molar-refractivity contribution in [3.8, 4) is 0 Å². The van der Waals surface area contributed by atoms with E-state index in [1.807, 2.05) is 32.0 Å². The van der Waals surface area contributed by atoms with E-state index in [0.717, 1.165) is 22.8 Å². The number of rotatable bonds is 9. The lowest BCUT2D eigenvalue weighted by molar-refractivity contribution is -0.119. The third-order valence-corrected chi connectivity index (χ3v) is 6.12. The highest BCUT2D eigenvalue weighted by Crippen LogP contribution is 2.25. The lowest BCUT2D eigenvalue weighted by atomic mass is 10.2. The molecule has 0 aliphatic rings. The highest BCUT2D eigenvalue weighted by atomic mass is 35.5. The molecule has 0 heterocycles. The zero-order valence-corrected chi connectivity index (χ0v) is 17.9. The largest absolute Gasteiger partial charge is 0.354 e. The summed E-state index contributed by atoms with van der Waals surface area (Å²) >= 11 is 5.88. The number of hydrogen-bond acceptors (Lipinski definition) is 4. The number of amides is 1. The SMILES string of the molecule is Cc1cccc(N(CC(=O)NCCCN(C)C)S(=O)(=O)c2ccc(Cl)cc2)c1. The summed E-state index contributed by atoms with van der Waals surface area (Å²) in [5.74, 6) is -0.349. The van der Waals surface area contributed by atoms with Crippen LogP contribution in [0.4, 0.5) is 5.69 Å². The second-order valence-corrected chi connectivity index (χ2v) is 9.11. The summed E-state index contributed by atoms with van der Waals surface area (Å²) in [6.07, 6.45) is 0.785. The molecule has 0 saturated heterocycles. The van der Waals surface area contributed by atoms with Crippen molar-refractivity contribution in [2.75, 3.05) is 38.0 Å². The van der Waals surface area contributed by atoms with Gasteiger partial charge in [-0.1, -0.05) is 23.7 Å². The quantitative estimate of drug-likeness (QED) is 0.629. The summed E-state index contributed by atoms with van der Waals surface area (Å²) < 4.78 is 27.5. The van der Waals surface area contributed by atoms with Crippen molar-refractivity contribution < 1.29 is 13.2 Å². The number of aryl methyl sites for hydroxylation is 1. The third-order valence-electron chi connectivity index (χ3n) is 4.08. The highest BCUT2D eigenvalue weighted by Gasteiger charge is 2.27. The molecular weight excluding hydrogens is 398 g/mol. The summed E-state index contributed by atoms with van der Waals surface area (Å²) in [4.78, 5) is 14.5. The molecule has 6 nitrogen and oxygen atoms in total. The van der Waals surface area contributed by atoms with Gasteiger partial charge in [0.05, 0.1) is 10.6 Å². The first-order valence-corrected chi connectivity index (χ1v) is 10.8. The maximum absolute atomic E-state index is 13.2. The monoisotopic (exact) mass is 423 g/mol. The summed E-state index contributed by atoms with van der Waals surface area (Å²) in [5, 5.41) is 3.24. The van der Waals surface area contributed by atoms with Gasteiger partial charge >= 0.3 is 0 Å². The van der Waals surface area contributed by atoms with Crippen LogP contribution in [-0.2, 0) is 14.8 Å². The Morgan fingerprint density at radius 1 is 1.11 bits per heavy atom. The zero-order valence-electron chi connectivity index (χ0n) is 16.4. The number of nitrogens with one attached hydrogen (secondary N) is 1. The predicted octanol–water partition coefficient (Wildman–Crippen LogP) is 2.91. The first-order chi connectivity index (χ1) is 13.2. The van der Waals surface area contributed by atoms with Gasteiger partial charge in [-0.15, -0.1) is 0 Å². The van der Waals surface area contributed by atoms with Crippen LogP contribution in [0.25, 0.3) is 0 Å². The first kappa shape index (κ1) is 22.2. The second-order valence-electron chi connectivity index (χ2n) is 6.81. The number of carbonyl (C=O) groups is 1. The van der Waals surface area contributed by atoms with Gasteiger partial charge in [0.2, 0.25) is 5.91 Å². The fraction of sp³-hybridized carbons (Fsp3) is 0.350. The summed E-state index contributed by atoms with van der Waals surface area (Å²) in [6.45, 7) is 2.90. The molecule has 0 atom stereocenters. The predicted molar refractivity (Wildman–Crippen MR) is 113 cm³/mol. The van der Waals surface area contributed by atoms with E-state index in [0.29, 0.717) is 17.3 Å². The van der Waals surface area contributed by atoms with Crippen LogP contribution in [0.2, 0.25) is 5.02 Å². The van der Waals surface area contributed by atoms with Crippen molar-refractivity contribution in [1.29, 1.82) is 0 Å². The smallest absolute Gasteiger partial charge is 0.264 e. The minimum absolute atomic E-state index is 0.0822. The Kier molecular flexibility index (Phi) is 7.86. The van der Waals surface area contributed by atoms with Crippen LogP contribution in [-0.4, -0.2) is 53.0 Å². The van der Waals surface area contributed by atoms with Crippen LogP contribution in [0, 0.1) is 6.92 Å². The topological polar surface area (TPSA) is 69.7 Å². The Morgan fingerprint density at radius 2 is 1.79 bits per heavy atom. The molecule has 0 aliphatic carbocycles. The number of nitrogens with zero attached hydrogens (tertiary/aromatic N) is 2. The van der Waals surface area contributed by atoms with Gasteiger partial charge in [0.15, 0.2) is 0 Å². The average Bonchev–Trinajstić information content (AvgIpc) is 2.63. The van der Waals surface area contributed by atoms with E-state index in [9.17, 15) is 13.2 Å². The van der Waals surface area contributed by atoms with Crippen LogP contribution in [0.5, 0.6) is 0 Å². The minimum atomic E-state index is -3.92. The Bertz CT molecular complexity index is 899. The highest BCUT2D eigenvalue weighted by molar-refractivity contribution is 7.92. The van der Waals surface area contributed by atoms with Gasteiger partial charge in [-0.2, -0.15) is 0 Å². The van der Waals surface area contributed by atoms with Crippen molar-refractivity contribution in [3.05, 3.63) is 59.1 Å². The molecule has 0 saturated carbocycles. The molecule has 0 unspecified atom stereocenters. The minimum Gasteiger partial charge on any atom is -0.354 e. The molecule has 0 fully saturated rings. The molecule has 1 amide bonds. The molecule has 0 aliphatic heterocycles. The molecule has 0 aromatic heterocycles. The maximum atomic E-state index is 13.2. The molecule has 2 rings (SSSR count). The standard InChI is InChI=1S/C20H26ClN3O3S/c1-16-6-4-7-18(14-16)24(15-20(25)22-12-5-13-23(2)3)28(26,27)19-10-8-17(21)9-11-19/h4,6-11,14H,5,12-13,15H2,1-3H3,(H,22,25). The van der Waals surface area contributed by atoms with Gasteiger partial charge in [-0.25, -0.2) is 8.42 Å². The van der Waals surface area contributed by atoms with Crippen molar-refractivity contribution >= 4 is 33.2 Å². The van der Waals surface area contributed by atoms with E-state index in [1.54, 1.807) is 18.2 Å². The molecule has 0 radical (unpaired) electrons. The molecule has 2 aromatic carbocycles. The lowest BCUT2D eigenvalue weighted by Crippen LogP contribution is -2.41. The molecule has 1 N–H and O–H groups in total. The second kappa shape index (κ2) is 9.91. The fourth-order valence-corrected chi connectivity index (χ4v) is 4.18. The summed E-state index contributed by atoms with van der Waals surface area (Å²) in [5.41, 5.74) is 1.35. The Hall–Kier alpha value is -2.09. The van der Waals surface area contributed by atoms with E-state index in [4.69, 9.17) is 11.6 Å². The van der Waals surface area contributed by atoms with Crippen molar-refractivity contribution in [3.63, 3.8) is 0 Å². The fourth-order valence-electron chi connectivity index (χ4n) is 2.64. The number of benzene rings is 2. The van der Waals surface area contributed by atoms with Crippen LogP contribution >= 0.6 is 11.6 Å². The van der Waals surface area contributed by atoms with Gasteiger partial charge in [0, 0.05) is 11.6 Å². The third kappa shape index (κ3) is 6.22. The van der Waals surface area contributed by atoms with E-state index in [1.165, 1.54) is 24.3 Å². The van der Waals surface area contributed by atoms with Crippen molar-refractivity contribution in [2.24, 2.45) is 0 Å². The van der Waals surface area contributed by atoms with Gasteiger partial charge in [-0.3, -0.25) is 9.10 Å². The molecule has 0 bridgehead atoms. The molecule has 28 heavy (non-hydrogen) atoms. The van der Waals surface area contributed by atoms with E-state index in [2.05, 4.69) is 5.32 Å². The normalized spacial score (nSPS) is 11.5. The zero-order chi connectivity index (χ0) is 20.7. The Morgan fingerprint density at radius 3 is 2.39 bits per heavy atom. The van der Waals surface area contributed by atoms with Gasteiger partial charge in [0.25, 0.3) is 10.0 Å². The van der Waals surface area contributed by atoms with Crippen molar-refractivity contribution in [1.82, 2.24) is 10.2 Å². The van der Waals surface area contributed by atoms with E-state index >= 15 is 0 Å².